The van der Waals surface area contributed by atoms with Crippen LogP contribution in [0, 0.1) is 0 Å². The fraction of sp³-hybridized carbons (Fsp3) is 0.455. The molecule has 1 amide bonds. The maximum absolute atomic E-state index is 12.2. The lowest BCUT2D eigenvalue weighted by atomic mass is 10.1. The number of hydrogen-bond acceptors (Lipinski definition) is 4. The first-order valence-corrected chi connectivity index (χ1v) is 6.15. The first-order valence-electron chi connectivity index (χ1n) is 5.35. The molecule has 5 nitrogen and oxygen atoms in total. The van der Waals surface area contributed by atoms with Crippen LogP contribution in [-0.4, -0.2) is 42.1 Å². The van der Waals surface area contributed by atoms with Crippen LogP contribution in [0.4, 0.5) is 5.82 Å². The number of nitrogens with two attached hydrogens (primary N) is 1. The summed E-state index contributed by atoms with van der Waals surface area (Å²) in [6.07, 6.45) is 2.44. The van der Waals surface area contributed by atoms with E-state index in [0.717, 1.165) is 10.9 Å². The van der Waals surface area contributed by atoms with E-state index >= 15 is 0 Å². The van der Waals surface area contributed by atoms with Crippen molar-refractivity contribution in [3.05, 3.63) is 22.3 Å². The second-order valence-corrected chi connectivity index (χ2v) is 4.94. The molecule has 1 saturated heterocycles. The predicted octanol–water partition coefficient (Wildman–Crippen LogP) is 1.29. The van der Waals surface area contributed by atoms with Crippen LogP contribution < -0.4 is 5.73 Å². The van der Waals surface area contributed by atoms with Crippen LogP contribution in [0.5, 0.6) is 0 Å². The van der Waals surface area contributed by atoms with Crippen molar-refractivity contribution >= 4 is 27.7 Å². The Bertz CT molecular complexity index is 433. The standard InChI is InChI=1S/C11H14BrN3O2/c1-15(8-2-3-17-6-8)11(16)9-4-7(12)5-14-10(9)13/h4-5,8H,2-3,6H2,1H3,(H2,13,14). The van der Waals surface area contributed by atoms with Crippen molar-refractivity contribution < 1.29 is 9.53 Å². The number of carbonyl (C=O) groups is 1. The summed E-state index contributed by atoms with van der Waals surface area (Å²) in [6.45, 7) is 1.29. The quantitative estimate of drug-likeness (QED) is 0.893. The summed E-state index contributed by atoms with van der Waals surface area (Å²) >= 11 is 3.28. The fourth-order valence-corrected chi connectivity index (χ4v) is 2.14. The van der Waals surface area contributed by atoms with Crippen molar-refractivity contribution in [2.75, 3.05) is 26.0 Å². The molecule has 1 atom stereocenters. The highest BCUT2D eigenvalue weighted by atomic mass is 79.9. The van der Waals surface area contributed by atoms with E-state index in [1.165, 1.54) is 0 Å². The van der Waals surface area contributed by atoms with E-state index in [1.807, 2.05) is 0 Å². The number of aromatic nitrogens is 1. The Morgan fingerprint density at radius 2 is 2.47 bits per heavy atom. The Morgan fingerprint density at radius 1 is 1.71 bits per heavy atom. The monoisotopic (exact) mass is 299 g/mol. The van der Waals surface area contributed by atoms with Crippen LogP contribution in [0.15, 0.2) is 16.7 Å². The van der Waals surface area contributed by atoms with Gasteiger partial charge in [0.1, 0.15) is 5.82 Å². The van der Waals surface area contributed by atoms with Gasteiger partial charge in [-0.25, -0.2) is 4.98 Å². The average Bonchev–Trinajstić information content (AvgIpc) is 2.84. The van der Waals surface area contributed by atoms with Crippen molar-refractivity contribution in [1.82, 2.24) is 9.88 Å². The lowest BCUT2D eigenvalue weighted by Gasteiger charge is -2.23. The van der Waals surface area contributed by atoms with Gasteiger partial charge in [0.2, 0.25) is 0 Å². The van der Waals surface area contributed by atoms with Gasteiger partial charge in [0.25, 0.3) is 5.91 Å². The number of carbonyl (C=O) groups excluding carboxylic acids is 1. The molecule has 0 aromatic carbocycles. The smallest absolute Gasteiger partial charge is 0.257 e. The Balaban J connectivity index is 2.20. The Labute approximate surface area is 108 Å². The highest BCUT2D eigenvalue weighted by Crippen LogP contribution is 2.19. The number of nitrogen functional groups attached to an aromatic ring is 1. The highest BCUT2D eigenvalue weighted by molar-refractivity contribution is 9.10. The minimum Gasteiger partial charge on any atom is -0.383 e. The summed E-state index contributed by atoms with van der Waals surface area (Å²) < 4.78 is 6.01. The van der Waals surface area contributed by atoms with Crippen LogP contribution in [0.2, 0.25) is 0 Å². The van der Waals surface area contributed by atoms with Gasteiger partial charge < -0.3 is 15.4 Å². The average molecular weight is 300 g/mol. The zero-order chi connectivity index (χ0) is 12.4. The molecule has 1 aliphatic heterocycles. The van der Waals surface area contributed by atoms with E-state index in [9.17, 15) is 4.79 Å². The Morgan fingerprint density at radius 3 is 3.12 bits per heavy atom. The zero-order valence-electron chi connectivity index (χ0n) is 9.52. The third-order valence-corrected chi connectivity index (χ3v) is 3.32. The van der Waals surface area contributed by atoms with Gasteiger partial charge in [0.15, 0.2) is 0 Å². The first-order chi connectivity index (χ1) is 8.09. The van der Waals surface area contributed by atoms with Gasteiger partial charge in [-0.2, -0.15) is 0 Å². The minimum absolute atomic E-state index is 0.119. The van der Waals surface area contributed by atoms with Gasteiger partial charge >= 0.3 is 0 Å². The van der Waals surface area contributed by atoms with E-state index in [4.69, 9.17) is 10.5 Å². The summed E-state index contributed by atoms with van der Waals surface area (Å²) in [4.78, 5) is 17.9. The van der Waals surface area contributed by atoms with Gasteiger partial charge in [-0.3, -0.25) is 4.79 Å². The number of hydrogen-bond donors (Lipinski definition) is 1. The molecule has 1 aliphatic rings. The summed E-state index contributed by atoms with van der Waals surface area (Å²) in [5, 5.41) is 0. The Hall–Kier alpha value is -1.14. The number of ether oxygens (including phenoxy) is 1. The normalized spacial score (nSPS) is 19.3. The number of likely N-dealkylation sites (N-methyl/N-ethyl adjacent to an activating group) is 1. The van der Waals surface area contributed by atoms with E-state index < -0.39 is 0 Å². The van der Waals surface area contributed by atoms with E-state index in [-0.39, 0.29) is 17.8 Å². The van der Waals surface area contributed by atoms with Crippen LogP contribution in [0.1, 0.15) is 16.8 Å². The lowest BCUT2D eigenvalue weighted by molar-refractivity contribution is 0.0712. The maximum atomic E-state index is 12.2. The van der Waals surface area contributed by atoms with Gasteiger partial charge in [-0.15, -0.1) is 0 Å². The SMILES string of the molecule is CN(C(=O)c1cc(Br)cnc1N)C1CCOC1. The molecule has 1 unspecified atom stereocenters. The number of halogens is 1. The summed E-state index contributed by atoms with van der Waals surface area (Å²) in [6, 6.07) is 1.82. The van der Waals surface area contributed by atoms with E-state index in [0.29, 0.717) is 18.8 Å². The minimum atomic E-state index is -0.119. The van der Waals surface area contributed by atoms with Crippen molar-refractivity contribution in [2.45, 2.75) is 12.5 Å². The molecule has 2 rings (SSSR count). The van der Waals surface area contributed by atoms with E-state index in [1.54, 1.807) is 24.2 Å². The van der Waals surface area contributed by atoms with E-state index in [2.05, 4.69) is 20.9 Å². The molecular formula is C11H14BrN3O2. The van der Waals surface area contributed by atoms with Crippen LogP contribution >= 0.6 is 15.9 Å². The molecule has 17 heavy (non-hydrogen) atoms. The van der Waals surface area contributed by atoms with Gasteiger partial charge in [-0.05, 0) is 28.4 Å². The molecule has 0 spiro atoms. The third kappa shape index (κ3) is 2.58. The number of anilines is 1. The molecule has 1 fully saturated rings. The van der Waals surface area contributed by atoms with Crippen molar-refractivity contribution in [2.24, 2.45) is 0 Å². The van der Waals surface area contributed by atoms with Crippen molar-refractivity contribution in [3.63, 3.8) is 0 Å². The summed E-state index contributed by atoms with van der Waals surface area (Å²) in [7, 11) is 1.77. The van der Waals surface area contributed by atoms with Crippen LogP contribution in [-0.2, 0) is 4.74 Å². The predicted molar refractivity (Wildman–Crippen MR) is 67.7 cm³/mol. The number of nitrogens with zero attached hydrogens (tertiary/aromatic N) is 2. The van der Waals surface area contributed by atoms with Crippen molar-refractivity contribution in [1.29, 1.82) is 0 Å². The summed E-state index contributed by atoms with van der Waals surface area (Å²) in [5.74, 6) is 0.135. The summed E-state index contributed by atoms with van der Waals surface area (Å²) in [5.41, 5.74) is 6.14. The molecule has 6 heteroatoms. The number of pyridine rings is 1. The highest BCUT2D eigenvalue weighted by Gasteiger charge is 2.26. The molecule has 0 aliphatic carbocycles. The van der Waals surface area contributed by atoms with Gasteiger partial charge in [0.05, 0.1) is 18.2 Å². The lowest BCUT2D eigenvalue weighted by Crippen LogP contribution is -2.37. The molecular weight excluding hydrogens is 286 g/mol. The number of rotatable bonds is 2. The zero-order valence-corrected chi connectivity index (χ0v) is 11.1. The third-order valence-electron chi connectivity index (χ3n) is 2.89. The molecule has 0 radical (unpaired) electrons. The molecule has 1 aromatic rings. The fourth-order valence-electron chi connectivity index (χ4n) is 1.80. The topological polar surface area (TPSA) is 68.5 Å². The van der Waals surface area contributed by atoms with Crippen molar-refractivity contribution in [3.8, 4) is 0 Å². The first kappa shape index (κ1) is 12.3. The maximum Gasteiger partial charge on any atom is 0.257 e. The molecule has 92 valence electrons. The van der Waals surface area contributed by atoms with Gasteiger partial charge in [-0.1, -0.05) is 0 Å². The molecule has 1 aromatic heterocycles. The Kier molecular flexibility index (Phi) is 3.63. The molecule has 2 N–H and O–H groups in total. The van der Waals surface area contributed by atoms with Crippen LogP contribution in [0.3, 0.4) is 0 Å². The second kappa shape index (κ2) is 5.01. The molecule has 0 saturated carbocycles. The largest absolute Gasteiger partial charge is 0.383 e. The molecule has 2 heterocycles. The van der Waals surface area contributed by atoms with Crippen LogP contribution in [0.25, 0.3) is 0 Å². The second-order valence-electron chi connectivity index (χ2n) is 4.02. The number of amides is 1. The van der Waals surface area contributed by atoms with Gasteiger partial charge in [0, 0.05) is 24.3 Å². The molecule has 0 bridgehead atoms.